The van der Waals surface area contributed by atoms with E-state index >= 15 is 0 Å². The van der Waals surface area contributed by atoms with Gasteiger partial charge in [0.2, 0.25) is 17.8 Å². The van der Waals surface area contributed by atoms with Crippen LogP contribution in [0.2, 0.25) is 0 Å². The Morgan fingerprint density at radius 3 is 2.38 bits per heavy atom. The van der Waals surface area contributed by atoms with E-state index in [0.717, 1.165) is 114 Å². The second-order valence-corrected chi connectivity index (χ2v) is 20.3. The largest absolute Gasteiger partial charge is 0.491 e. The second-order valence-electron chi connectivity index (χ2n) is 19.4. The highest BCUT2D eigenvalue weighted by Crippen LogP contribution is 2.40. The van der Waals surface area contributed by atoms with Crippen molar-refractivity contribution >= 4 is 45.7 Å². The van der Waals surface area contributed by atoms with Gasteiger partial charge in [-0.15, -0.1) is 11.3 Å². The Kier molecular flexibility index (Phi) is 16.9. The zero-order chi connectivity index (χ0) is 49.1. The number of likely N-dealkylation sites (tertiary alicyclic amines) is 1. The molecule has 15 nitrogen and oxygen atoms in total. The van der Waals surface area contributed by atoms with Crippen molar-refractivity contribution in [1.82, 2.24) is 40.3 Å². The van der Waals surface area contributed by atoms with Crippen LogP contribution < -0.4 is 25.6 Å². The summed E-state index contributed by atoms with van der Waals surface area (Å²) in [4.78, 5) is 46.2. The van der Waals surface area contributed by atoms with Gasteiger partial charge in [-0.05, 0) is 100 Å². The molecule has 376 valence electrons. The molecule has 9 rings (SSSR count). The van der Waals surface area contributed by atoms with E-state index in [0.29, 0.717) is 45.5 Å². The third-order valence-corrected chi connectivity index (χ3v) is 15.4. The molecule has 3 aromatic heterocycles. The number of carbonyl (C=O) groups excluding carboxylic acids is 2. The van der Waals surface area contributed by atoms with Crippen molar-refractivity contribution in [1.29, 1.82) is 0 Å². The molecule has 1 saturated heterocycles. The number of rotatable bonds is 21. The van der Waals surface area contributed by atoms with Crippen LogP contribution in [0.25, 0.3) is 33.3 Å². The molecule has 16 heteroatoms. The van der Waals surface area contributed by atoms with E-state index in [1.807, 2.05) is 73.3 Å². The summed E-state index contributed by atoms with van der Waals surface area (Å²) in [5.74, 6) is 2.47. The Balaban J connectivity index is 0.722. The fourth-order valence-electron chi connectivity index (χ4n) is 10.5. The van der Waals surface area contributed by atoms with Gasteiger partial charge in [-0.3, -0.25) is 9.59 Å². The number of carbonyl (C=O) groups is 2. The van der Waals surface area contributed by atoms with Crippen molar-refractivity contribution in [2.45, 2.75) is 114 Å². The summed E-state index contributed by atoms with van der Waals surface area (Å²) >= 11 is 1.61. The van der Waals surface area contributed by atoms with Crippen molar-refractivity contribution in [3.63, 3.8) is 0 Å². The molecule has 6 aromatic rings. The molecular formula is C55H70N10O5S. The van der Waals surface area contributed by atoms with Crippen LogP contribution in [0.1, 0.15) is 94.2 Å². The molecule has 71 heavy (non-hydrogen) atoms. The molecule has 1 unspecified atom stereocenters. The van der Waals surface area contributed by atoms with Crippen LogP contribution in [0.5, 0.6) is 5.75 Å². The highest BCUT2D eigenvalue weighted by atomic mass is 32.1. The first-order valence-corrected chi connectivity index (χ1v) is 26.6. The van der Waals surface area contributed by atoms with Gasteiger partial charge in [-0.2, -0.15) is 5.10 Å². The number of benzene rings is 3. The smallest absolute Gasteiger partial charge is 0.246 e. The highest BCUT2D eigenvalue weighted by molar-refractivity contribution is 7.10. The van der Waals surface area contributed by atoms with Crippen LogP contribution in [-0.2, 0) is 25.6 Å². The number of thiazole rings is 1. The fraction of sp³-hybridized carbons (Fsp3) is 0.491. The van der Waals surface area contributed by atoms with Gasteiger partial charge in [-0.1, -0.05) is 73.9 Å². The first kappa shape index (κ1) is 50.0. The Hall–Kier alpha value is -5.94. The Morgan fingerprint density at radius 2 is 1.59 bits per heavy atom. The second kappa shape index (κ2) is 24.0. The summed E-state index contributed by atoms with van der Waals surface area (Å²) in [7, 11) is 5.84. The third-order valence-electron chi connectivity index (χ3n) is 14.4. The van der Waals surface area contributed by atoms with E-state index in [1.165, 1.54) is 12.0 Å². The van der Waals surface area contributed by atoms with Gasteiger partial charge in [0.25, 0.3) is 0 Å². The average Bonchev–Trinajstić information content (AvgIpc) is 4.20. The number of fused-ring (bicyclic) bond motifs is 1. The summed E-state index contributed by atoms with van der Waals surface area (Å²) in [6.45, 7) is 5.08. The molecule has 0 bridgehead atoms. The lowest BCUT2D eigenvalue weighted by atomic mass is 9.83. The van der Waals surface area contributed by atoms with Crippen LogP contribution in [0.3, 0.4) is 0 Å². The van der Waals surface area contributed by atoms with Crippen molar-refractivity contribution in [2.24, 2.45) is 5.92 Å². The van der Waals surface area contributed by atoms with Gasteiger partial charge in [0.15, 0.2) is 0 Å². The molecule has 3 atom stereocenters. The van der Waals surface area contributed by atoms with Gasteiger partial charge in [0, 0.05) is 49.2 Å². The molecule has 2 aliphatic carbocycles. The lowest BCUT2D eigenvalue weighted by molar-refractivity contribution is -0.139. The van der Waals surface area contributed by atoms with Crippen molar-refractivity contribution < 1.29 is 23.8 Å². The van der Waals surface area contributed by atoms with Crippen LogP contribution >= 0.6 is 11.3 Å². The molecule has 0 radical (unpaired) electrons. The maximum Gasteiger partial charge on any atom is 0.246 e. The van der Waals surface area contributed by atoms with Gasteiger partial charge in [-0.25, -0.2) is 19.6 Å². The maximum absolute atomic E-state index is 14.4. The third kappa shape index (κ3) is 12.2. The van der Waals surface area contributed by atoms with Crippen LogP contribution in [0.4, 0.5) is 11.8 Å². The zero-order valence-corrected chi connectivity index (χ0v) is 42.5. The van der Waals surface area contributed by atoms with E-state index in [-0.39, 0.29) is 42.0 Å². The molecular weight excluding hydrogens is 913 g/mol. The topological polar surface area (TPSA) is 161 Å². The summed E-state index contributed by atoms with van der Waals surface area (Å²) in [6, 6.07) is 23.9. The minimum absolute atomic E-state index is 0.0252. The van der Waals surface area contributed by atoms with Gasteiger partial charge in [0.1, 0.15) is 29.2 Å². The van der Waals surface area contributed by atoms with Crippen LogP contribution in [0.15, 0.2) is 90.6 Å². The number of hydrogen-bond donors (Lipinski definition) is 3. The monoisotopic (exact) mass is 983 g/mol. The summed E-state index contributed by atoms with van der Waals surface area (Å²) in [5, 5.41) is 19.6. The van der Waals surface area contributed by atoms with E-state index in [9.17, 15) is 9.59 Å². The summed E-state index contributed by atoms with van der Waals surface area (Å²) in [6.07, 6.45) is 14.8. The van der Waals surface area contributed by atoms with E-state index < -0.39 is 6.04 Å². The van der Waals surface area contributed by atoms with E-state index in [2.05, 4.69) is 73.7 Å². The number of anilines is 2. The summed E-state index contributed by atoms with van der Waals surface area (Å²) in [5.41, 5.74) is 4.92. The van der Waals surface area contributed by atoms with E-state index in [4.69, 9.17) is 29.3 Å². The lowest BCUT2D eigenvalue weighted by Gasteiger charge is -2.35. The van der Waals surface area contributed by atoms with Gasteiger partial charge >= 0.3 is 0 Å². The number of hydrogen-bond acceptors (Lipinski definition) is 13. The molecule has 3 fully saturated rings. The SMILES string of the molecule is CNC(C)C(=O)N[C@H](C(=O)N1CCC[C@H]1c1nc(-c2ccc(OCCOCCOC3CCC(Nc4nccc(-c5cnn(Cc6ccccc6)c5N(C)C)n4)CC3)c3ccccc23)cs1)C1CCCCC1. The Morgan fingerprint density at radius 1 is 0.817 bits per heavy atom. The zero-order valence-electron chi connectivity index (χ0n) is 41.7. The predicted molar refractivity (Wildman–Crippen MR) is 281 cm³/mol. The van der Waals surface area contributed by atoms with Crippen LogP contribution in [-0.4, -0.2) is 120 Å². The normalized spacial score (nSPS) is 19.4. The van der Waals surface area contributed by atoms with Crippen molar-refractivity contribution in [2.75, 3.05) is 64.3 Å². The molecule has 0 spiro atoms. The molecule has 1 aliphatic heterocycles. The molecule has 2 amide bonds. The number of nitrogens with zero attached hydrogens (tertiary/aromatic N) is 7. The molecule has 4 heterocycles. The minimum Gasteiger partial charge on any atom is -0.491 e. The number of ether oxygens (including phenoxy) is 3. The van der Waals surface area contributed by atoms with E-state index in [1.54, 1.807) is 18.4 Å². The number of amides is 2. The quantitative estimate of drug-likeness (QED) is 0.0589. The highest BCUT2D eigenvalue weighted by Gasteiger charge is 2.40. The average molecular weight is 983 g/mol. The molecule has 3 aliphatic rings. The van der Waals surface area contributed by atoms with Crippen molar-refractivity contribution in [3.05, 3.63) is 101 Å². The molecule has 3 N–H and O–H groups in total. The first-order valence-electron chi connectivity index (χ1n) is 25.7. The number of aromatic nitrogens is 5. The fourth-order valence-corrected chi connectivity index (χ4v) is 11.5. The lowest BCUT2D eigenvalue weighted by Crippen LogP contribution is -2.55. The van der Waals surface area contributed by atoms with Crippen LogP contribution in [0, 0.1) is 5.92 Å². The molecule has 3 aromatic carbocycles. The van der Waals surface area contributed by atoms with Gasteiger partial charge in [0.05, 0.1) is 67.7 Å². The van der Waals surface area contributed by atoms with Gasteiger partial charge < -0.3 is 40.0 Å². The standard InChI is InChI=1S/C55H70N10O5S/c1-37(56-2)51(66)62-50(39-16-9-6-10-17-39)54(67)64-29-13-20-48(64)52-60-47(36-71-52)43-25-26-49(44-19-12-11-18-42(43)44)70-33-31-68-30-32-69-41-23-21-40(22-24-41)59-55-57-28-27-46(61-55)45-34-58-65(53(45)63(3)4)35-38-14-7-5-8-15-38/h5,7-8,11-12,14-15,18-19,25-28,34,36-37,39-41,48,50,56H,6,9-10,13,16-17,20-24,29-33,35H2,1-4H3,(H,62,66)(H,57,59,61)/t37?,40?,41?,48-,50-/m0/s1. The first-order chi connectivity index (χ1) is 34.7. The number of nitrogens with one attached hydrogen (secondary N) is 3. The molecule has 2 saturated carbocycles. The Labute approximate surface area is 422 Å². The van der Waals surface area contributed by atoms with Crippen molar-refractivity contribution in [3.8, 4) is 28.3 Å². The minimum atomic E-state index is -0.520. The summed E-state index contributed by atoms with van der Waals surface area (Å²) < 4.78 is 20.5. The number of likely N-dealkylation sites (N-methyl/N-ethyl adjacent to an activating group) is 1. The maximum atomic E-state index is 14.4. The Bertz CT molecular complexity index is 2680. The predicted octanol–water partition coefficient (Wildman–Crippen LogP) is 8.90.